The second kappa shape index (κ2) is 9.55. The van der Waals surface area contributed by atoms with Gasteiger partial charge in [0.15, 0.2) is 0 Å². The van der Waals surface area contributed by atoms with Crippen molar-refractivity contribution in [3.05, 3.63) is 191 Å². The van der Waals surface area contributed by atoms with Gasteiger partial charge >= 0.3 is 0 Å². The molecule has 7 aromatic rings. The second-order valence-electron chi connectivity index (χ2n) is 12.8. The summed E-state index contributed by atoms with van der Waals surface area (Å²) in [5.41, 5.74) is 11.7. The van der Waals surface area contributed by atoms with E-state index in [-0.39, 0.29) is 5.41 Å². The third kappa shape index (κ3) is 3.50. The lowest BCUT2D eigenvalue weighted by Gasteiger charge is -2.38. The van der Waals surface area contributed by atoms with Crippen LogP contribution in [0.2, 0.25) is 0 Å². The molecule has 7 aromatic carbocycles. The third-order valence-electron chi connectivity index (χ3n) is 10.2. The molecule has 1 heterocycles. The van der Waals surface area contributed by atoms with E-state index < -0.39 is 5.41 Å². The largest absolute Gasteiger partial charge is 0.456 e. The number of para-hydroxylation sites is 2. The number of hydrogen-bond acceptors (Lipinski definition) is 1. The molecule has 0 N–H and O–H groups in total. The SMILES string of the molecule is CC1(C)c2ccccc2Oc2c(-c3ccccc3C3(c4ccccc4)c4ccccc4-c4ccc5ccccc5c43)cccc21. The fraction of sp³-hybridized carbons (Fsp3) is 0.0909. The van der Waals surface area contributed by atoms with E-state index in [1.54, 1.807) is 0 Å². The van der Waals surface area contributed by atoms with E-state index in [9.17, 15) is 0 Å². The molecule has 0 bridgehead atoms. The fourth-order valence-corrected chi connectivity index (χ4v) is 8.23. The lowest BCUT2D eigenvalue weighted by Crippen LogP contribution is -2.30. The number of rotatable bonds is 3. The first-order chi connectivity index (χ1) is 22.1. The molecule has 0 amide bonds. The van der Waals surface area contributed by atoms with Gasteiger partial charge in [-0.25, -0.2) is 0 Å². The van der Waals surface area contributed by atoms with Crippen molar-refractivity contribution >= 4 is 10.8 Å². The monoisotopic (exact) mass is 576 g/mol. The normalized spacial score (nSPS) is 17.1. The molecule has 214 valence electrons. The minimum atomic E-state index is -0.546. The molecule has 1 nitrogen and oxygen atoms in total. The van der Waals surface area contributed by atoms with Gasteiger partial charge in [-0.05, 0) is 55.8 Å². The molecule has 9 rings (SSSR count). The summed E-state index contributed by atoms with van der Waals surface area (Å²) >= 11 is 0. The highest BCUT2D eigenvalue weighted by Gasteiger charge is 2.48. The van der Waals surface area contributed by atoms with Gasteiger partial charge in [-0.3, -0.25) is 0 Å². The van der Waals surface area contributed by atoms with Crippen LogP contribution in [0.5, 0.6) is 11.5 Å². The fourth-order valence-electron chi connectivity index (χ4n) is 8.23. The Bertz CT molecular complexity index is 2280. The zero-order chi connectivity index (χ0) is 30.2. The average molecular weight is 577 g/mol. The molecule has 45 heavy (non-hydrogen) atoms. The maximum atomic E-state index is 6.86. The van der Waals surface area contributed by atoms with Crippen LogP contribution in [0.3, 0.4) is 0 Å². The first kappa shape index (κ1) is 26.0. The molecule has 1 heteroatoms. The first-order valence-electron chi connectivity index (χ1n) is 15.8. The van der Waals surface area contributed by atoms with Gasteiger partial charge in [-0.1, -0.05) is 166 Å². The molecule has 0 saturated heterocycles. The van der Waals surface area contributed by atoms with Crippen LogP contribution in [0, 0.1) is 0 Å². The molecule has 0 spiro atoms. The summed E-state index contributed by atoms with van der Waals surface area (Å²) in [6.07, 6.45) is 0. The Kier molecular flexibility index (Phi) is 5.53. The molecular weight excluding hydrogens is 544 g/mol. The van der Waals surface area contributed by atoms with Crippen molar-refractivity contribution in [3.63, 3.8) is 0 Å². The van der Waals surface area contributed by atoms with Crippen molar-refractivity contribution in [1.29, 1.82) is 0 Å². The van der Waals surface area contributed by atoms with Crippen LogP contribution in [0.25, 0.3) is 33.0 Å². The van der Waals surface area contributed by atoms with Crippen molar-refractivity contribution in [2.24, 2.45) is 0 Å². The van der Waals surface area contributed by atoms with Crippen molar-refractivity contribution in [1.82, 2.24) is 0 Å². The summed E-state index contributed by atoms with van der Waals surface area (Å²) in [4.78, 5) is 0. The van der Waals surface area contributed by atoms with Gasteiger partial charge in [0.1, 0.15) is 11.5 Å². The summed E-state index contributed by atoms with van der Waals surface area (Å²) in [6, 6.07) is 57.7. The topological polar surface area (TPSA) is 9.23 Å². The molecular formula is C44H32O. The van der Waals surface area contributed by atoms with Crippen LogP contribution < -0.4 is 4.74 Å². The zero-order valence-corrected chi connectivity index (χ0v) is 25.4. The third-order valence-corrected chi connectivity index (χ3v) is 10.2. The second-order valence-corrected chi connectivity index (χ2v) is 12.8. The molecule has 1 aliphatic heterocycles. The van der Waals surface area contributed by atoms with Crippen LogP contribution in [-0.4, -0.2) is 0 Å². The Morgan fingerprint density at radius 2 is 1.00 bits per heavy atom. The van der Waals surface area contributed by atoms with Gasteiger partial charge in [-0.2, -0.15) is 0 Å². The minimum Gasteiger partial charge on any atom is -0.456 e. The lowest BCUT2D eigenvalue weighted by molar-refractivity contribution is 0.419. The van der Waals surface area contributed by atoms with Gasteiger partial charge in [0, 0.05) is 22.1 Å². The predicted molar refractivity (Wildman–Crippen MR) is 185 cm³/mol. The van der Waals surface area contributed by atoms with Crippen molar-refractivity contribution in [2.45, 2.75) is 24.7 Å². The average Bonchev–Trinajstić information content (AvgIpc) is 3.40. The Hall–Kier alpha value is -5.40. The van der Waals surface area contributed by atoms with Crippen LogP contribution in [-0.2, 0) is 10.8 Å². The van der Waals surface area contributed by atoms with Crippen molar-refractivity contribution < 1.29 is 4.74 Å². The van der Waals surface area contributed by atoms with E-state index in [2.05, 4.69) is 172 Å². The van der Waals surface area contributed by atoms with Gasteiger partial charge in [0.2, 0.25) is 0 Å². The first-order valence-corrected chi connectivity index (χ1v) is 15.8. The highest BCUT2D eigenvalue weighted by atomic mass is 16.5. The van der Waals surface area contributed by atoms with Gasteiger partial charge < -0.3 is 4.74 Å². The summed E-state index contributed by atoms with van der Waals surface area (Å²) in [7, 11) is 0. The van der Waals surface area contributed by atoms with Crippen LogP contribution in [0.4, 0.5) is 0 Å². The van der Waals surface area contributed by atoms with Crippen LogP contribution in [0.1, 0.15) is 47.2 Å². The molecule has 0 radical (unpaired) electrons. The van der Waals surface area contributed by atoms with Crippen molar-refractivity contribution in [3.8, 4) is 33.8 Å². The standard InChI is InChI=1S/C44H32O/c1-43(2)38-24-12-13-26-40(38)45-42-35(21-14-25-39(42)43)33-20-9-11-23-37(33)44(30-16-4-3-5-17-30)36-22-10-8-19-32(36)34-28-27-29-15-6-7-18-31(29)41(34)44/h3-28H,1-2H3. The Morgan fingerprint density at radius 1 is 0.422 bits per heavy atom. The minimum absolute atomic E-state index is 0.199. The summed E-state index contributed by atoms with van der Waals surface area (Å²) < 4.78 is 6.86. The van der Waals surface area contributed by atoms with E-state index in [0.717, 1.165) is 17.1 Å². The lowest BCUT2D eigenvalue weighted by atomic mass is 9.64. The quantitative estimate of drug-likeness (QED) is 0.203. The molecule has 0 saturated carbocycles. The molecule has 1 unspecified atom stereocenters. The number of fused-ring (bicyclic) bond motifs is 7. The van der Waals surface area contributed by atoms with Gasteiger partial charge in [0.05, 0.1) is 5.41 Å². The van der Waals surface area contributed by atoms with E-state index in [1.807, 2.05) is 0 Å². The zero-order valence-electron chi connectivity index (χ0n) is 25.4. The van der Waals surface area contributed by atoms with E-state index in [0.29, 0.717) is 0 Å². The molecule has 2 aliphatic rings. The van der Waals surface area contributed by atoms with Crippen LogP contribution >= 0.6 is 0 Å². The van der Waals surface area contributed by atoms with Crippen LogP contribution in [0.15, 0.2) is 158 Å². The Balaban J connectivity index is 1.42. The highest BCUT2D eigenvalue weighted by Crippen LogP contribution is 2.60. The van der Waals surface area contributed by atoms with Gasteiger partial charge in [-0.15, -0.1) is 0 Å². The Morgan fingerprint density at radius 3 is 1.78 bits per heavy atom. The Labute approximate surface area is 264 Å². The predicted octanol–water partition coefficient (Wildman–Crippen LogP) is 11.3. The van der Waals surface area contributed by atoms with Crippen molar-refractivity contribution in [2.75, 3.05) is 0 Å². The smallest absolute Gasteiger partial charge is 0.139 e. The molecule has 0 fully saturated rings. The molecule has 1 atom stereocenters. The summed E-state index contributed by atoms with van der Waals surface area (Å²) in [5, 5.41) is 2.53. The molecule has 1 aliphatic carbocycles. The number of ether oxygens (including phenoxy) is 1. The number of benzene rings is 7. The van der Waals surface area contributed by atoms with E-state index in [4.69, 9.17) is 4.74 Å². The van der Waals surface area contributed by atoms with Gasteiger partial charge in [0.25, 0.3) is 0 Å². The number of hydrogen-bond donors (Lipinski definition) is 0. The maximum Gasteiger partial charge on any atom is 0.139 e. The highest BCUT2D eigenvalue weighted by molar-refractivity contribution is 6.01. The molecule has 0 aromatic heterocycles. The maximum absolute atomic E-state index is 6.86. The van der Waals surface area contributed by atoms with E-state index in [1.165, 1.54) is 60.8 Å². The van der Waals surface area contributed by atoms with E-state index >= 15 is 0 Å². The summed E-state index contributed by atoms with van der Waals surface area (Å²) in [6.45, 7) is 4.62. The summed E-state index contributed by atoms with van der Waals surface area (Å²) in [5.74, 6) is 1.88.